The number of alkyl halides is 1. The highest BCUT2D eigenvalue weighted by Gasteiger charge is 2.23. The monoisotopic (exact) mass is 235 g/mol. The maximum atomic E-state index is 14.2. The third-order valence-corrected chi connectivity index (χ3v) is 3.90. The van der Waals surface area contributed by atoms with Crippen LogP contribution in [-0.4, -0.2) is 19.3 Å². The van der Waals surface area contributed by atoms with Gasteiger partial charge in [0, 0.05) is 6.42 Å². The van der Waals surface area contributed by atoms with Gasteiger partial charge in [0.25, 0.3) is 0 Å². The fourth-order valence-electron chi connectivity index (χ4n) is 2.53. The third-order valence-electron chi connectivity index (χ3n) is 3.90. The maximum absolute atomic E-state index is 14.2. The number of rotatable bonds is 3. The molecule has 0 aromatic heterocycles. The second-order valence-corrected chi connectivity index (χ2v) is 5.23. The summed E-state index contributed by atoms with van der Waals surface area (Å²) in [4.78, 5) is 0. The second kappa shape index (κ2) is 5.63. The van der Waals surface area contributed by atoms with E-state index in [-0.39, 0.29) is 5.92 Å². The number of benzene rings is 1. The van der Waals surface area contributed by atoms with E-state index in [0.29, 0.717) is 6.42 Å². The van der Waals surface area contributed by atoms with E-state index in [0.717, 1.165) is 31.5 Å². The largest absolute Gasteiger partial charge is 0.317 e. The van der Waals surface area contributed by atoms with Crippen LogP contribution in [0.5, 0.6) is 0 Å². The average Bonchev–Trinajstić information content (AvgIpc) is 2.35. The Morgan fingerprint density at radius 2 is 1.94 bits per heavy atom. The smallest absolute Gasteiger partial charge is 0.107 e. The fourth-order valence-corrected chi connectivity index (χ4v) is 2.53. The van der Waals surface area contributed by atoms with Gasteiger partial charge in [0.05, 0.1) is 0 Å². The molecule has 1 N–H and O–H groups in total. The summed E-state index contributed by atoms with van der Waals surface area (Å²) in [7, 11) is 0. The van der Waals surface area contributed by atoms with E-state index in [1.807, 2.05) is 0 Å². The zero-order valence-corrected chi connectivity index (χ0v) is 10.8. The van der Waals surface area contributed by atoms with Crippen molar-refractivity contribution in [3.05, 3.63) is 34.9 Å². The van der Waals surface area contributed by atoms with E-state index in [9.17, 15) is 4.39 Å². The molecule has 0 spiro atoms. The quantitative estimate of drug-likeness (QED) is 0.848. The average molecular weight is 235 g/mol. The second-order valence-electron chi connectivity index (χ2n) is 5.23. The van der Waals surface area contributed by atoms with Crippen LogP contribution in [0.3, 0.4) is 0 Å². The Bertz CT molecular complexity index is 369. The van der Waals surface area contributed by atoms with Crippen molar-refractivity contribution in [2.45, 2.75) is 39.3 Å². The first-order chi connectivity index (χ1) is 8.16. The molecular formula is C15H22FN. The van der Waals surface area contributed by atoms with Gasteiger partial charge < -0.3 is 5.32 Å². The molecule has 1 nitrogen and oxygen atoms in total. The van der Waals surface area contributed by atoms with Crippen LogP contribution in [0.25, 0.3) is 0 Å². The molecular weight excluding hydrogens is 213 g/mol. The lowest BCUT2D eigenvalue weighted by Crippen LogP contribution is -2.33. The third kappa shape index (κ3) is 3.29. The minimum Gasteiger partial charge on any atom is -0.317 e. The van der Waals surface area contributed by atoms with Crippen LogP contribution in [-0.2, 0) is 6.42 Å². The molecule has 0 aliphatic carbocycles. The fraction of sp³-hybridized carbons (Fsp3) is 0.600. The van der Waals surface area contributed by atoms with Gasteiger partial charge in [-0.3, -0.25) is 0 Å². The van der Waals surface area contributed by atoms with Gasteiger partial charge in [0.2, 0.25) is 0 Å². The van der Waals surface area contributed by atoms with Crippen molar-refractivity contribution >= 4 is 0 Å². The summed E-state index contributed by atoms with van der Waals surface area (Å²) in [6.45, 7) is 6.13. The summed E-state index contributed by atoms with van der Waals surface area (Å²) in [5.74, 6) is 0.248. The first-order valence-electron chi connectivity index (χ1n) is 6.57. The molecule has 0 saturated carbocycles. The minimum absolute atomic E-state index is 0.248. The first-order valence-corrected chi connectivity index (χ1v) is 6.57. The van der Waals surface area contributed by atoms with E-state index >= 15 is 0 Å². The van der Waals surface area contributed by atoms with Crippen molar-refractivity contribution in [1.82, 2.24) is 5.32 Å². The van der Waals surface area contributed by atoms with E-state index in [4.69, 9.17) is 0 Å². The Labute approximate surface area is 103 Å². The van der Waals surface area contributed by atoms with Crippen molar-refractivity contribution in [1.29, 1.82) is 0 Å². The number of hydrogen-bond acceptors (Lipinski definition) is 1. The number of halogens is 1. The van der Waals surface area contributed by atoms with E-state index in [2.05, 4.69) is 37.4 Å². The Morgan fingerprint density at radius 3 is 2.59 bits per heavy atom. The van der Waals surface area contributed by atoms with Crippen LogP contribution in [0.15, 0.2) is 18.2 Å². The predicted octanol–water partition coefficient (Wildman–Crippen LogP) is 3.18. The zero-order valence-electron chi connectivity index (χ0n) is 10.8. The summed E-state index contributed by atoms with van der Waals surface area (Å²) in [5, 5.41) is 3.28. The van der Waals surface area contributed by atoms with Gasteiger partial charge in [-0.1, -0.05) is 18.2 Å². The summed E-state index contributed by atoms with van der Waals surface area (Å²) in [6.07, 6.45) is 1.85. The van der Waals surface area contributed by atoms with Gasteiger partial charge in [-0.25, -0.2) is 4.39 Å². The Kier molecular flexibility index (Phi) is 4.16. The molecule has 2 heteroatoms. The molecule has 1 fully saturated rings. The van der Waals surface area contributed by atoms with Crippen LogP contribution in [0.1, 0.15) is 29.5 Å². The van der Waals surface area contributed by atoms with E-state index < -0.39 is 6.17 Å². The molecule has 94 valence electrons. The molecule has 0 amide bonds. The molecule has 1 aliphatic rings. The molecule has 1 aromatic carbocycles. The lowest BCUT2D eigenvalue weighted by atomic mass is 9.89. The van der Waals surface area contributed by atoms with Gasteiger partial charge in [-0.2, -0.15) is 0 Å². The summed E-state index contributed by atoms with van der Waals surface area (Å²) >= 11 is 0. The molecule has 2 rings (SSSR count). The summed E-state index contributed by atoms with van der Waals surface area (Å²) in [6, 6.07) is 6.29. The van der Waals surface area contributed by atoms with Gasteiger partial charge in [0.1, 0.15) is 6.17 Å². The topological polar surface area (TPSA) is 12.0 Å². The van der Waals surface area contributed by atoms with Crippen LogP contribution in [0.2, 0.25) is 0 Å². The lowest BCUT2D eigenvalue weighted by Gasteiger charge is -2.25. The van der Waals surface area contributed by atoms with Crippen LogP contribution >= 0.6 is 0 Å². The molecule has 0 radical (unpaired) electrons. The van der Waals surface area contributed by atoms with Crippen molar-refractivity contribution < 1.29 is 4.39 Å². The molecule has 1 heterocycles. The van der Waals surface area contributed by atoms with Crippen molar-refractivity contribution in [3.63, 3.8) is 0 Å². The minimum atomic E-state index is -0.681. The van der Waals surface area contributed by atoms with E-state index in [1.165, 1.54) is 11.1 Å². The normalized spacial score (nSPS) is 19.2. The number of hydrogen-bond donors (Lipinski definition) is 1. The van der Waals surface area contributed by atoms with Crippen LogP contribution in [0, 0.1) is 19.8 Å². The number of piperidine rings is 1. The first kappa shape index (κ1) is 12.6. The van der Waals surface area contributed by atoms with Crippen LogP contribution in [0.4, 0.5) is 4.39 Å². The Morgan fingerprint density at radius 1 is 1.24 bits per heavy atom. The number of aryl methyl sites for hydroxylation is 2. The zero-order chi connectivity index (χ0) is 12.3. The Balaban J connectivity index is 1.96. The molecule has 1 saturated heterocycles. The van der Waals surface area contributed by atoms with Crippen molar-refractivity contribution in [3.8, 4) is 0 Å². The Hall–Kier alpha value is -0.890. The van der Waals surface area contributed by atoms with Gasteiger partial charge in [-0.05, 0) is 62.4 Å². The standard InChI is InChI=1S/C15H22FN/c1-11-3-4-13(9-12(11)2)10-15(16)14-5-7-17-8-6-14/h3-4,9,14-15,17H,5-8,10H2,1-2H3. The van der Waals surface area contributed by atoms with Gasteiger partial charge >= 0.3 is 0 Å². The SMILES string of the molecule is Cc1ccc(CC(F)C2CCNCC2)cc1C. The molecule has 1 aromatic rings. The molecule has 1 atom stereocenters. The molecule has 17 heavy (non-hydrogen) atoms. The van der Waals surface area contributed by atoms with Crippen molar-refractivity contribution in [2.75, 3.05) is 13.1 Å². The molecule has 1 unspecified atom stereocenters. The molecule has 0 bridgehead atoms. The highest BCUT2D eigenvalue weighted by Crippen LogP contribution is 2.23. The number of nitrogens with one attached hydrogen (secondary N) is 1. The lowest BCUT2D eigenvalue weighted by molar-refractivity contribution is 0.187. The highest BCUT2D eigenvalue weighted by atomic mass is 19.1. The van der Waals surface area contributed by atoms with Gasteiger partial charge in [-0.15, -0.1) is 0 Å². The van der Waals surface area contributed by atoms with Gasteiger partial charge in [0.15, 0.2) is 0 Å². The summed E-state index contributed by atoms with van der Waals surface area (Å²) in [5.41, 5.74) is 3.69. The highest BCUT2D eigenvalue weighted by molar-refractivity contribution is 5.30. The predicted molar refractivity (Wildman–Crippen MR) is 70.1 cm³/mol. The van der Waals surface area contributed by atoms with E-state index in [1.54, 1.807) is 0 Å². The van der Waals surface area contributed by atoms with Crippen molar-refractivity contribution in [2.24, 2.45) is 5.92 Å². The molecule has 1 aliphatic heterocycles. The maximum Gasteiger partial charge on any atom is 0.107 e. The van der Waals surface area contributed by atoms with Crippen LogP contribution < -0.4 is 5.32 Å². The summed E-state index contributed by atoms with van der Waals surface area (Å²) < 4.78 is 14.2.